The number of carbonyl (C=O) groups excluding carboxylic acids is 2. The quantitative estimate of drug-likeness (QED) is 0.447. The SMILES string of the molecule is C=C1/C=C(\C)[C@H](CC)OC(=O)[C@H](C)C(=O)[C@@](O)(CO)C/C(C)=C/[C@@H](C)C1. The highest BCUT2D eigenvalue weighted by Crippen LogP contribution is 2.26. The molecule has 0 fully saturated rings. The average molecular weight is 364 g/mol. The second-order valence-corrected chi connectivity index (χ2v) is 7.53. The summed E-state index contributed by atoms with van der Waals surface area (Å²) in [6.07, 6.45) is 4.70. The minimum atomic E-state index is -1.99. The fourth-order valence-electron chi connectivity index (χ4n) is 3.42. The van der Waals surface area contributed by atoms with E-state index in [4.69, 9.17) is 4.74 Å². The van der Waals surface area contributed by atoms with Crippen molar-refractivity contribution < 1.29 is 24.5 Å². The molecule has 5 nitrogen and oxygen atoms in total. The van der Waals surface area contributed by atoms with Gasteiger partial charge in [0.15, 0.2) is 11.4 Å². The van der Waals surface area contributed by atoms with Crippen LogP contribution in [0.1, 0.15) is 53.9 Å². The lowest BCUT2D eigenvalue weighted by molar-refractivity contribution is -0.161. The van der Waals surface area contributed by atoms with Crippen LogP contribution in [0.5, 0.6) is 0 Å². The van der Waals surface area contributed by atoms with E-state index < -0.39 is 36.0 Å². The molecule has 0 aliphatic carbocycles. The Hall–Kier alpha value is -1.72. The molecule has 4 atom stereocenters. The van der Waals surface area contributed by atoms with Crippen LogP contribution in [0.3, 0.4) is 0 Å². The lowest BCUT2D eigenvalue weighted by Gasteiger charge is -2.28. The van der Waals surface area contributed by atoms with E-state index >= 15 is 0 Å². The fourth-order valence-corrected chi connectivity index (χ4v) is 3.42. The predicted molar refractivity (Wildman–Crippen MR) is 101 cm³/mol. The normalized spacial score (nSPS) is 36.4. The highest BCUT2D eigenvalue weighted by molar-refractivity contribution is 6.03. The van der Waals surface area contributed by atoms with E-state index in [0.29, 0.717) is 12.8 Å². The average Bonchev–Trinajstić information content (AvgIpc) is 2.56. The number of aliphatic hydroxyl groups excluding tert-OH is 1. The van der Waals surface area contributed by atoms with Gasteiger partial charge in [0.25, 0.3) is 0 Å². The third-order valence-corrected chi connectivity index (χ3v) is 4.76. The third-order valence-electron chi connectivity index (χ3n) is 4.76. The Balaban J connectivity index is 3.32. The van der Waals surface area contributed by atoms with Gasteiger partial charge in [0.1, 0.15) is 12.0 Å². The molecular formula is C21H32O5. The van der Waals surface area contributed by atoms with Crippen molar-refractivity contribution in [2.75, 3.05) is 6.61 Å². The largest absolute Gasteiger partial charge is 0.457 e. The number of esters is 1. The standard InChI is InChI=1S/C21H32O5/c1-7-18-16(5)10-14(3)8-13(2)9-15(4)11-21(25,12-22)19(23)17(6)20(24)26-18/h9-10,13,17-18,22,25H,3,7-8,11-12H2,1-2,4-6H3/b15-9+,16-10+/t13-,17+,18-,21-/m0/s1. The second kappa shape index (κ2) is 9.28. The molecule has 2 N–H and O–H groups in total. The van der Waals surface area contributed by atoms with Crippen LogP contribution in [-0.4, -0.2) is 40.3 Å². The van der Waals surface area contributed by atoms with Gasteiger partial charge in [-0.2, -0.15) is 0 Å². The van der Waals surface area contributed by atoms with Crippen molar-refractivity contribution in [1.29, 1.82) is 0 Å². The first-order valence-corrected chi connectivity index (χ1v) is 9.15. The van der Waals surface area contributed by atoms with E-state index in [1.807, 2.05) is 32.9 Å². The number of rotatable bonds is 2. The van der Waals surface area contributed by atoms with Gasteiger partial charge in [0, 0.05) is 6.42 Å². The number of ketones is 1. The molecule has 1 aliphatic rings. The zero-order valence-corrected chi connectivity index (χ0v) is 16.5. The van der Waals surface area contributed by atoms with Crippen molar-refractivity contribution in [3.8, 4) is 0 Å². The number of carbonyl (C=O) groups is 2. The highest BCUT2D eigenvalue weighted by Gasteiger charge is 2.42. The Labute approximate surface area is 156 Å². The first-order chi connectivity index (χ1) is 12.0. The molecule has 0 unspecified atom stereocenters. The van der Waals surface area contributed by atoms with Gasteiger partial charge in [-0.15, -0.1) is 0 Å². The number of allylic oxidation sites excluding steroid dienone is 3. The van der Waals surface area contributed by atoms with Gasteiger partial charge in [0.05, 0.1) is 6.61 Å². The van der Waals surface area contributed by atoms with Crippen LogP contribution in [0.4, 0.5) is 0 Å². The summed E-state index contributed by atoms with van der Waals surface area (Å²) in [5.41, 5.74) is 0.576. The van der Waals surface area contributed by atoms with Gasteiger partial charge in [-0.1, -0.05) is 43.7 Å². The van der Waals surface area contributed by atoms with Crippen molar-refractivity contribution >= 4 is 11.8 Å². The Kier molecular flexibility index (Phi) is 7.97. The molecule has 1 aliphatic heterocycles. The van der Waals surface area contributed by atoms with Gasteiger partial charge < -0.3 is 14.9 Å². The van der Waals surface area contributed by atoms with Gasteiger partial charge >= 0.3 is 5.97 Å². The van der Waals surface area contributed by atoms with Gasteiger partial charge in [0.2, 0.25) is 0 Å². The van der Waals surface area contributed by atoms with Crippen LogP contribution >= 0.6 is 0 Å². The third kappa shape index (κ3) is 5.64. The minimum Gasteiger partial charge on any atom is -0.457 e. The molecule has 0 aromatic rings. The number of hydrogen-bond donors (Lipinski definition) is 2. The van der Waals surface area contributed by atoms with Crippen LogP contribution in [0.15, 0.2) is 35.5 Å². The van der Waals surface area contributed by atoms with E-state index in [-0.39, 0.29) is 12.3 Å². The number of Topliss-reactive ketones (excluding diaryl/α,β-unsaturated/α-hetero) is 1. The summed E-state index contributed by atoms with van der Waals surface area (Å²) >= 11 is 0. The molecule has 1 heterocycles. The van der Waals surface area contributed by atoms with Gasteiger partial charge in [-0.25, -0.2) is 0 Å². The number of aliphatic hydroxyl groups is 2. The van der Waals surface area contributed by atoms with Crippen LogP contribution in [0, 0.1) is 11.8 Å². The number of ether oxygens (including phenoxy) is 1. The summed E-state index contributed by atoms with van der Waals surface area (Å²) in [7, 11) is 0. The van der Waals surface area contributed by atoms with E-state index in [1.165, 1.54) is 6.92 Å². The smallest absolute Gasteiger partial charge is 0.316 e. The zero-order chi connectivity index (χ0) is 20.1. The molecule has 5 heteroatoms. The topological polar surface area (TPSA) is 83.8 Å². The van der Waals surface area contributed by atoms with Gasteiger partial charge in [-0.3, -0.25) is 9.59 Å². The summed E-state index contributed by atoms with van der Waals surface area (Å²) in [5.74, 6) is -2.42. The van der Waals surface area contributed by atoms with Crippen molar-refractivity contribution in [2.24, 2.45) is 11.8 Å². The lowest BCUT2D eigenvalue weighted by Crippen LogP contribution is -2.48. The molecular weight excluding hydrogens is 332 g/mol. The fraction of sp³-hybridized carbons (Fsp3) is 0.619. The maximum absolute atomic E-state index is 12.7. The van der Waals surface area contributed by atoms with Crippen LogP contribution < -0.4 is 0 Å². The van der Waals surface area contributed by atoms with Crippen molar-refractivity contribution in [3.63, 3.8) is 0 Å². The van der Waals surface area contributed by atoms with E-state index in [9.17, 15) is 19.8 Å². The van der Waals surface area contributed by atoms with E-state index in [2.05, 4.69) is 6.58 Å². The number of hydrogen-bond acceptors (Lipinski definition) is 5. The summed E-state index contributed by atoms with van der Waals surface area (Å²) in [6.45, 7) is 12.3. The highest BCUT2D eigenvalue weighted by atomic mass is 16.5. The molecule has 0 saturated heterocycles. The molecule has 0 amide bonds. The molecule has 0 aromatic heterocycles. The summed E-state index contributed by atoms with van der Waals surface area (Å²) < 4.78 is 5.50. The Morgan fingerprint density at radius 3 is 2.46 bits per heavy atom. The Morgan fingerprint density at radius 2 is 1.92 bits per heavy atom. The maximum atomic E-state index is 12.7. The summed E-state index contributed by atoms with van der Waals surface area (Å²) in [5, 5.41) is 20.3. The van der Waals surface area contributed by atoms with Crippen molar-refractivity contribution in [2.45, 2.75) is 65.6 Å². The minimum absolute atomic E-state index is 0.0250. The lowest BCUT2D eigenvalue weighted by atomic mass is 9.84. The van der Waals surface area contributed by atoms with Crippen LogP contribution in [-0.2, 0) is 14.3 Å². The second-order valence-electron chi connectivity index (χ2n) is 7.53. The Morgan fingerprint density at radius 1 is 1.31 bits per heavy atom. The predicted octanol–water partition coefficient (Wildman–Crippen LogP) is 3.12. The molecule has 0 radical (unpaired) electrons. The summed E-state index contributed by atoms with van der Waals surface area (Å²) in [4.78, 5) is 25.1. The molecule has 146 valence electrons. The first kappa shape index (κ1) is 22.3. The maximum Gasteiger partial charge on any atom is 0.316 e. The number of cyclic esters (lactones) is 1. The molecule has 0 bridgehead atoms. The molecule has 0 spiro atoms. The van der Waals surface area contributed by atoms with Crippen molar-refractivity contribution in [3.05, 3.63) is 35.5 Å². The van der Waals surface area contributed by atoms with E-state index in [1.54, 1.807) is 6.92 Å². The molecule has 0 saturated carbocycles. The van der Waals surface area contributed by atoms with Crippen molar-refractivity contribution in [1.82, 2.24) is 0 Å². The monoisotopic (exact) mass is 364 g/mol. The summed E-state index contributed by atoms with van der Waals surface area (Å²) in [6, 6.07) is 0. The van der Waals surface area contributed by atoms with Crippen LogP contribution in [0.25, 0.3) is 0 Å². The first-order valence-electron chi connectivity index (χ1n) is 9.15. The molecule has 26 heavy (non-hydrogen) atoms. The zero-order valence-electron chi connectivity index (χ0n) is 16.5. The van der Waals surface area contributed by atoms with Crippen LogP contribution in [0.2, 0.25) is 0 Å². The molecule has 0 aromatic carbocycles. The molecule has 1 rings (SSSR count). The van der Waals surface area contributed by atoms with Gasteiger partial charge in [-0.05, 0) is 45.1 Å². The Bertz CT molecular complexity index is 616. The van der Waals surface area contributed by atoms with E-state index in [0.717, 1.165) is 16.7 Å².